The molecule has 0 aromatic carbocycles. The lowest BCUT2D eigenvalue weighted by atomic mass is 9.55. The largest absolute Gasteiger partial charge is 0.378 e. The summed E-state index contributed by atoms with van der Waals surface area (Å²) in [5.41, 5.74) is 0.0725. The van der Waals surface area contributed by atoms with Crippen LogP contribution >= 0.6 is 12.4 Å². The molecule has 1 N–H and O–H groups in total. The van der Waals surface area contributed by atoms with Crippen LogP contribution in [0.3, 0.4) is 0 Å². The quantitative estimate of drug-likeness (QED) is 0.825. The molecule has 1 saturated carbocycles. The summed E-state index contributed by atoms with van der Waals surface area (Å²) in [5, 5.41) is 3.28. The molecule has 2 unspecified atom stereocenters. The van der Waals surface area contributed by atoms with E-state index >= 15 is 0 Å². The van der Waals surface area contributed by atoms with Crippen LogP contribution in [-0.2, 0) is 9.53 Å². The Bertz CT molecular complexity index is 386. The van der Waals surface area contributed by atoms with Gasteiger partial charge < -0.3 is 19.9 Å². The molecule has 22 heavy (non-hydrogen) atoms. The van der Waals surface area contributed by atoms with E-state index in [2.05, 4.69) is 38.0 Å². The molecule has 1 saturated heterocycles. The molecule has 0 radical (unpaired) electrons. The van der Waals surface area contributed by atoms with Gasteiger partial charge in [-0.1, -0.05) is 13.8 Å². The number of nitrogens with zero attached hydrogens (tertiary/aromatic N) is 2. The SMILES string of the molecule is COC1(C)CC(N(C)CCC(=O)N2CCNCC2)C1(C)C.Cl. The topological polar surface area (TPSA) is 44.8 Å². The summed E-state index contributed by atoms with van der Waals surface area (Å²) in [6, 6.07) is 0.485. The minimum Gasteiger partial charge on any atom is -0.378 e. The number of carbonyl (C=O) groups excluding carboxylic acids is 1. The first kappa shape index (κ1) is 19.7. The van der Waals surface area contributed by atoms with Crippen molar-refractivity contribution in [3.8, 4) is 0 Å². The number of hydrogen-bond donors (Lipinski definition) is 1. The summed E-state index contributed by atoms with van der Waals surface area (Å²) < 4.78 is 5.68. The molecule has 2 atom stereocenters. The number of carbonyl (C=O) groups is 1. The van der Waals surface area contributed by atoms with E-state index in [0.29, 0.717) is 12.5 Å². The maximum Gasteiger partial charge on any atom is 0.223 e. The molecule has 1 amide bonds. The first-order valence-electron chi connectivity index (χ1n) is 8.06. The highest BCUT2D eigenvalue weighted by atomic mass is 35.5. The van der Waals surface area contributed by atoms with Gasteiger partial charge in [-0.25, -0.2) is 0 Å². The smallest absolute Gasteiger partial charge is 0.223 e. The van der Waals surface area contributed by atoms with Crippen LogP contribution in [-0.4, -0.2) is 74.2 Å². The lowest BCUT2D eigenvalue weighted by Crippen LogP contribution is -2.68. The molecule has 0 aromatic heterocycles. The fourth-order valence-electron chi connectivity index (χ4n) is 3.66. The maximum absolute atomic E-state index is 12.2. The van der Waals surface area contributed by atoms with E-state index in [-0.39, 0.29) is 29.3 Å². The van der Waals surface area contributed by atoms with Gasteiger partial charge in [-0.15, -0.1) is 12.4 Å². The molecule has 2 rings (SSSR count). The van der Waals surface area contributed by atoms with Crippen molar-refractivity contribution < 1.29 is 9.53 Å². The summed E-state index contributed by atoms with van der Waals surface area (Å²) in [5.74, 6) is 0.287. The summed E-state index contributed by atoms with van der Waals surface area (Å²) in [6.07, 6.45) is 1.65. The van der Waals surface area contributed by atoms with Crippen molar-refractivity contribution in [2.24, 2.45) is 5.41 Å². The molecule has 2 aliphatic rings. The molecule has 1 aliphatic carbocycles. The fourth-order valence-corrected chi connectivity index (χ4v) is 3.66. The van der Waals surface area contributed by atoms with E-state index in [0.717, 1.165) is 39.1 Å². The number of hydrogen-bond acceptors (Lipinski definition) is 4. The third kappa shape index (κ3) is 3.58. The molecule has 5 nitrogen and oxygen atoms in total. The van der Waals surface area contributed by atoms with Gasteiger partial charge in [0.05, 0.1) is 5.60 Å². The van der Waals surface area contributed by atoms with Gasteiger partial charge >= 0.3 is 0 Å². The van der Waals surface area contributed by atoms with Crippen LogP contribution in [0.1, 0.15) is 33.6 Å². The summed E-state index contributed by atoms with van der Waals surface area (Å²) in [6.45, 7) is 11.1. The lowest BCUT2D eigenvalue weighted by molar-refractivity contribution is -0.205. The molecule has 2 fully saturated rings. The van der Waals surface area contributed by atoms with Crippen LogP contribution < -0.4 is 5.32 Å². The van der Waals surface area contributed by atoms with Gasteiger partial charge in [-0.05, 0) is 20.4 Å². The first-order valence-corrected chi connectivity index (χ1v) is 8.06. The second-order valence-electron chi connectivity index (χ2n) is 7.24. The summed E-state index contributed by atoms with van der Waals surface area (Å²) in [7, 11) is 3.93. The maximum atomic E-state index is 12.2. The third-order valence-electron chi connectivity index (χ3n) is 5.91. The molecular weight excluding hydrogens is 302 g/mol. The number of amides is 1. The van der Waals surface area contributed by atoms with Crippen molar-refractivity contribution in [3.63, 3.8) is 0 Å². The van der Waals surface area contributed by atoms with Gasteiger partial charge in [0.2, 0.25) is 5.91 Å². The van der Waals surface area contributed by atoms with Crippen molar-refractivity contribution >= 4 is 18.3 Å². The van der Waals surface area contributed by atoms with Crippen molar-refractivity contribution in [1.82, 2.24) is 15.1 Å². The van der Waals surface area contributed by atoms with Crippen LogP contribution in [0.4, 0.5) is 0 Å². The first-order chi connectivity index (χ1) is 9.82. The Morgan fingerprint density at radius 1 is 1.32 bits per heavy atom. The van der Waals surface area contributed by atoms with Crippen LogP contribution in [0.2, 0.25) is 0 Å². The predicted octanol–water partition coefficient (Wildman–Crippen LogP) is 1.37. The molecule has 0 aromatic rings. The number of halogens is 1. The monoisotopic (exact) mass is 333 g/mol. The van der Waals surface area contributed by atoms with Gasteiger partial charge in [0.1, 0.15) is 0 Å². The van der Waals surface area contributed by atoms with Crippen LogP contribution in [0, 0.1) is 5.41 Å². The molecular formula is C16H32ClN3O2. The van der Waals surface area contributed by atoms with Gasteiger partial charge in [0.25, 0.3) is 0 Å². The van der Waals surface area contributed by atoms with Crippen LogP contribution in [0.15, 0.2) is 0 Å². The Morgan fingerprint density at radius 3 is 2.41 bits per heavy atom. The van der Waals surface area contributed by atoms with Gasteiger partial charge in [0.15, 0.2) is 0 Å². The van der Waals surface area contributed by atoms with Crippen LogP contribution in [0.5, 0.6) is 0 Å². The van der Waals surface area contributed by atoms with Crippen molar-refractivity contribution in [2.75, 3.05) is 46.9 Å². The average Bonchev–Trinajstić information content (AvgIpc) is 2.50. The number of rotatable bonds is 5. The van der Waals surface area contributed by atoms with Gasteiger partial charge in [-0.2, -0.15) is 0 Å². The molecule has 1 aliphatic heterocycles. The zero-order chi connectivity index (χ0) is 15.7. The second-order valence-corrected chi connectivity index (χ2v) is 7.24. The molecule has 0 spiro atoms. The van der Waals surface area contributed by atoms with Crippen molar-refractivity contribution in [2.45, 2.75) is 45.3 Å². The van der Waals surface area contributed by atoms with Crippen molar-refractivity contribution in [1.29, 1.82) is 0 Å². The Balaban J connectivity index is 0.00000242. The number of piperazine rings is 1. The highest BCUT2D eigenvalue weighted by molar-refractivity contribution is 5.85. The average molecular weight is 334 g/mol. The third-order valence-corrected chi connectivity index (χ3v) is 5.91. The number of nitrogens with one attached hydrogen (secondary N) is 1. The minimum absolute atomic E-state index is 0. The minimum atomic E-state index is -0.0471. The molecule has 6 heteroatoms. The molecule has 1 heterocycles. The Morgan fingerprint density at radius 2 is 1.91 bits per heavy atom. The normalized spacial score (nSPS) is 30.6. The van der Waals surface area contributed by atoms with Crippen molar-refractivity contribution in [3.05, 3.63) is 0 Å². The molecule has 0 bridgehead atoms. The van der Waals surface area contributed by atoms with E-state index in [1.165, 1.54) is 0 Å². The van der Waals surface area contributed by atoms with E-state index in [9.17, 15) is 4.79 Å². The van der Waals surface area contributed by atoms with E-state index in [1.54, 1.807) is 7.11 Å². The summed E-state index contributed by atoms with van der Waals surface area (Å²) in [4.78, 5) is 16.5. The fraction of sp³-hybridized carbons (Fsp3) is 0.938. The van der Waals surface area contributed by atoms with E-state index in [4.69, 9.17) is 4.74 Å². The Labute approximate surface area is 141 Å². The number of methoxy groups -OCH3 is 1. The predicted molar refractivity (Wildman–Crippen MR) is 91.5 cm³/mol. The standard InChI is InChI=1S/C16H31N3O2.ClH/c1-15(2)13(12-16(15,3)21-5)18(4)9-6-14(20)19-10-7-17-8-11-19;/h13,17H,6-12H2,1-5H3;1H. The Kier molecular flexibility index (Phi) is 6.69. The summed E-state index contributed by atoms with van der Waals surface area (Å²) >= 11 is 0. The number of ether oxygens (including phenoxy) is 1. The highest BCUT2D eigenvalue weighted by Crippen LogP contribution is 2.53. The van der Waals surface area contributed by atoms with Crippen LogP contribution in [0.25, 0.3) is 0 Å². The lowest BCUT2D eigenvalue weighted by Gasteiger charge is -2.61. The van der Waals surface area contributed by atoms with E-state index < -0.39 is 0 Å². The molecule has 130 valence electrons. The Hall–Kier alpha value is -0.360. The zero-order valence-corrected chi connectivity index (χ0v) is 15.5. The van der Waals surface area contributed by atoms with Gasteiger partial charge in [-0.3, -0.25) is 4.79 Å². The highest BCUT2D eigenvalue weighted by Gasteiger charge is 2.58. The zero-order valence-electron chi connectivity index (χ0n) is 14.6. The second kappa shape index (κ2) is 7.47. The van der Waals surface area contributed by atoms with E-state index in [1.807, 2.05) is 4.90 Å². The van der Waals surface area contributed by atoms with Gasteiger partial charge in [0, 0.05) is 57.7 Å².